The molecule has 132 valence electrons. The number of nitrogens with one attached hydrogen (secondary N) is 2. The minimum atomic E-state index is 0. The highest BCUT2D eigenvalue weighted by Gasteiger charge is 2.03. The second-order valence-corrected chi connectivity index (χ2v) is 6.11. The third-order valence-electron chi connectivity index (χ3n) is 3.44. The van der Waals surface area contributed by atoms with Crippen molar-refractivity contribution < 1.29 is 4.42 Å². The zero-order chi connectivity index (χ0) is 16.5. The summed E-state index contributed by atoms with van der Waals surface area (Å²) in [4.78, 5) is 5.98. The lowest BCUT2D eigenvalue weighted by Gasteiger charge is -2.12. The summed E-state index contributed by atoms with van der Waals surface area (Å²) in [6, 6.07) is 10.4. The first-order valence-electron chi connectivity index (χ1n) is 7.91. The maximum absolute atomic E-state index is 5.34. The van der Waals surface area contributed by atoms with Crippen LogP contribution in [-0.2, 0) is 13.0 Å². The van der Waals surface area contributed by atoms with E-state index in [1.54, 1.807) is 18.0 Å². The predicted octanol–water partition coefficient (Wildman–Crippen LogP) is 4.23. The van der Waals surface area contributed by atoms with Crippen LogP contribution >= 0.6 is 35.7 Å². The number of halogens is 1. The lowest BCUT2D eigenvalue weighted by atomic mass is 10.1. The molecule has 1 aromatic carbocycles. The van der Waals surface area contributed by atoms with Crippen LogP contribution in [0.5, 0.6) is 0 Å². The van der Waals surface area contributed by atoms with Crippen molar-refractivity contribution in [2.45, 2.75) is 31.7 Å². The molecule has 0 atom stereocenters. The summed E-state index contributed by atoms with van der Waals surface area (Å²) < 4.78 is 5.34. The largest absolute Gasteiger partial charge is 0.469 e. The van der Waals surface area contributed by atoms with Gasteiger partial charge in [-0.25, -0.2) is 4.99 Å². The summed E-state index contributed by atoms with van der Waals surface area (Å²) in [5.41, 5.74) is 2.54. The van der Waals surface area contributed by atoms with Gasteiger partial charge in [0.15, 0.2) is 5.96 Å². The quantitative estimate of drug-likeness (QED) is 0.282. The molecule has 24 heavy (non-hydrogen) atoms. The molecule has 0 saturated heterocycles. The fourth-order valence-corrected chi connectivity index (χ4v) is 2.95. The summed E-state index contributed by atoms with van der Waals surface area (Å²) in [7, 11) is 0. The van der Waals surface area contributed by atoms with Gasteiger partial charge in [-0.05, 0) is 49.4 Å². The Morgan fingerprint density at radius 1 is 1.25 bits per heavy atom. The molecule has 2 rings (SSSR count). The fourth-order valence-electron chi connectivity index (χ4n) is 2.25. The van der Waals surface area contributed by atoms with Crippen molar-refractivity contribution in [3.63, 3.8) is 0 Å². The molecule has 0 radical (unpaired) electrons. The minimum absolute atomic E-state index is 0. The molecule has 2 aromatic rings. The highest BCUT2D eigenvalue weighted by molar-refractivity contribution is 14.0. The van der Waals surface area contributed by atoms with Crippen LogP contribution in [-0.4, -0.2) is 25.3 Å². The first-order valence-corrected chi connectivity index (χ1v) is 9.13. The lowest BCUT2D eigenvalue weighted by Crippen LogP contribution is -2.38. The first-order chi connectivity index (χ1) is 11.2. The van der Waals surface area contributed by atoms with Crippen LogP contribution in [0.25, 0.3) is 0 Å². The summed E-state index contributed by atoms with van der Waals surface area (Å²) in [5, 5.41) is 6.63. The number of hydrogen-bond donors (Lipinski definition) is 2. The van der Waals surface area contributed by atoms with Crippen LogP contribution in [0.3, 0.4) is 0 Å². The molecule has 0 fully saturated rings. The number of rotatable bonds is 7. The average Bonchev–Trinajstić information content (AvgIpc) is 3.06. The average molecular weight is 459 g/mol. The van der Waals surface area contributed by atoms with E-state index >= 15 is 0 Å². The normalized spacial score (nSPS) is 11.0. The van der Waals surface area contributed by atoms with Gasteiger partial charge in [0.2, 0.25) is 0 Å². The lowest BCUT2D eigenvalue weighted by molar-refractivity contribution is 0.507. The standard InChI is InChI=1S/C18H25N3OS.HI/c1-4-19-18(20-10-9-16-6-5-11-22-16)21-13-15-8-7-14(2)12-17(15)23-3;/h5-8,11-12H,4,9-10,13H2,1-3H3,(H2,19,20,21);1H. The number of hydrogen-bond acceptors (Lipinski definition) is 3. The first kappa shape index (κ1) is 20.9. The van der Waals surface area contributed by atoms with Crippen molar-refractivity contribution in [3.8, 4) is 0 Å². The second kappa shape index (κ2) is 11.4. The number of benzene rings is 1. The smallest absolute Gasteiger partial charge is 0.191 e. The van der Waals surface area contributed by atoms with Crippen molar-refractivity contribution in [2.24, 2.45) is 4.99 Å². The molecule has 0 aliphatic rings. The van der Waals surface area contributed by atoms with Gasteiger partial charge in [0.1, 0.15) is 5.76 Å². The predicted molar refractivity (Wildman–Crippen MR) is 114 cm³/mol. The van der Waals surface area contributed by atoms with Gasteiger partial charge in [-0.15, -0.1) is 35.7 Å². The molecule has 1 aromatic heterocycles. The molecule has 0 amide bonds. The number of furan rings is 1. The van der Waals surface area contributed by atoms with Crippen LogP contribution < -0.4 is 10.6 Å². The van der Waals surface area contributed by atoms with Crippen LogP contribution in [0.15, 0.2) is 50.9 Å². The van der Waals surface area contributed by atoms with E-state index in [1.165, 1.54) is 16.0 Å². The number of aliphatic imine (C=N–C) groups is 1. The molecule has 2 N–H and O–H groups in total. The molecule has 0 aliphatic heterocycles. The van der Waals surface area contributed by atoms with Crippen molar-refractivity contribution in [1.29, 1.82) is 0 Å². The van der Waals surface area contributed by atoms with Gasteiger partial charge in [0, 0.05) is 24.4 Å². The van der Waals surface area contributed by atoms with Crippen molar-refractivity contribution in [3.05, 3.63) is 53.5 Å². The number of guanidine groups is 1. The monoisotopic (exact) mass is 459 g/mol. The third-order valence-corrected chi connectivity index (χ3v) is 4.26. The maximum atomic E-state index is 5.34. The SMILES string of the molecule is CCNC(=NCc1ccc(C)cc1SC)NCCc1ccco1.I. The molecule has 0 aliphatic carbocycles. The Morgan fingerprint density at radius 3 is 2.75 bits per heavy atom. The molecule has 1 heterocycles. The van der Waals surface area contributed by atoms with Gasteiger partial charge >= 0.3 is 0 Å². The highest BCUT2D eigenvalue weighted by Crippen LogP contribution is 2.22. The van der Waals surface area contributed by atoms with Crippen LogP contribution in [0.1, 0.15) is 23.8 Å². The van der Waals surface area contributed by atoms with Crippen LogP contribution in [0, 0.1) is 6.92 Å². The maximum Gasteiger partial charge on any atom is 0.191 e. The summed E-state index contributed by atoms with van der Waals surface area (Å²) >= 11 is 1.77. The van der Waals surface area contributed by atoms with Gasteiger partial charge in [-0.3, -0.25) is 0 Å². The molecule has 0 bridgehead atoms. The van der Waals surface area contributed by atoms with E-state index in [4.69, 9.17) is 9.41 Å². The Labute approximate surface area is 165 Å². The second-order valence-electron chi connectivity index (χ2n) is 5.27. The number of aryl methyl sites for hydroxylation is 1. The van der Waals surface area contributed by atoms with Crippen molar-refractivity contribution >= 4 is 41.7 Å². The van der Waals surface area contributed by atoms with Gasteiger partial charge in [-0.2, -0.15) is 0 Å². The Kier molecular flexibility index (Phi) is 9.94. The third kappa shape index (κ3) is 6.76. The molecule has 4 nitrogen and oxygen atoms in total. The molecule has 0 spiro atoms. The Hall–Kier alpha value is -1.15. The highest BCUT2D eigenvalue weighted by atomic mass is 127. The summed E-state index contributed by atoms with van der Waals surface area (Å²) in [6.07, 6.45) is 4.66. The van der Waals surface area contributed by atoms with E-state index in [2.05, 4.69) is 48.9 Å². The Balaban J connectivity index is 0.00000288. The molecular weight excluding hydrogens is 433 g/mol. The van der Waals surface area contributed by atoms with E-state index < -0.39 is 0 Å². The summed E-state index contributed by atoms with van der Waals surface area (Å²) in [5.74, 6) is 1.82. The van der Waals surface area contributed by atoms with Gasteiger partial charge < -0.3 is 15.1 Å². The van der Waals surface area contributed by atoms with Crippen molar-refractivity contribution in [1.82, 2.24) is 10.6 Å². The van der Waals surface area contributed by atoms with Crippen LogP contribution in [0.2, 0.25) is 0 Å². The van der Waals surface area contributed by atoms with E-state index in [9.17, 15) is 0 Å². The Morgan fingerprint density at radius 2 is 2.08 bits per heavy atom. The Bertz CT molecular complexity index is 629. The number of nitrogens with zero attached hydrogens (tertiary/aromatic N) is 1. The van der Waals surface area contributed by atoms with E-state index in [0.717, 1.165) is 31.2 Å². The minimum Gasteiger partial charge on any atom is -0.469 e. The van der Waals surface area contributed by atoms with Gasteiger partial charge in [0.05, 0.1) is 12.8 Å². The van der Waals surface area contributed by atoms with Crippen molar-refractivity contribution in [2.75, 3.05) is 19.3 Å². The molecule has 6 heteroatoms. The van der Waals surface area contributed by atoms with E-state index in [0.29, 0.717) is 6.54 Å². The number of thioether (sulfide) groups is 1. The topological polar surface area (TPSA) is 49.6 Å². The molecule has 0 saturated carbocycles. The van der Waals surface area contributed by atoms with E-state index in [1.807, 2.05) is 12.1 Å². The summed E-state index contributed by atoms with van der Waals surface area (Å²) in [6.45, 7) is 6.50. The fraction of sp³-hybridized carbons (Fsp3) is 0.389. The van der Waals surface area contributed by atoms with Gasteiger partial charge in [0.25, 0.3) is 0 Å². The molecule has 0 unspecified atom stereocenters. The van der Waals surface area contributed by atoms with Gasteiger partial charge in [-0.1, -0.05) is 12.1 Å². The zero-order valence-corrected chi connectivity index (χ0v) is 17.6. The van der Waals surface area contributed by atoms with Crippen LogP contribution in [0.4, 0.5) is 0 Å². The molecular formula is C18H26IN3OS. The zero-order valence-electron chi connectivity index (χ0n) is 14.5. The van der Waals surface area contributed by atoms with E-state index in [-0.39, 0.29) is 24.0 Å².